The molecule has 0 bridgehead atoms. The number of nitrogens with one attached hydrogen (secondary N) is 1. The van der Waals surface area contributed by atoms with Crippen molar-refractivity contribution in [1.29, 1.82) is 0 Å². The van der Waals surface area contributed by atoms with Gasteiger partial charge in [-0.25, -0.2) is 0 Å². The maximum atomic E-state index is 5.92. The molecule has 1 N–H and O–H groups in total. The van der Waals surface area contributed by atoms with Crippen molar-refractivity contribution in [3.63, 3.8) is 0 Å². The van der Waals surface area contributed by atoms with E-state index in [-0.39, 0.29) is 0 Å². The van der Waals surface area contributed by atoms with Gasteiger partial charge in [0.25, 0.3) is 0 Å². The quantitative estimate of drug-likeness (QED) is 0.746. The van der Waals surface area contributed by atoms with Crippen LogP contribution in [0.15, 0.2) is 24.3 Å². The first-order valence-electron chi connectivity index (χ1n) is 7.14. The Morgan fingerprint density at radius 2 is 1.89 bits per heavy atom. The molecular weight excluding hydrogens is 222 g/mol. The van der Waals surface area contributed by atoms with Gasteiger partial charge in [-0.05, 0) is 31.4 Å². The third-order valence-corrected chi connectivity index (χ3v) is 2.92. The molecule has 1 unspecified atom stereocenters. The molecule has 0 saturated carbocycles. The average Bonchev–Trinajstić information content (AvgIpc) is 2.38. The fourth-order valence-corrected chi connectivity index (χ4v) is 1.95. The van der Waals surface area contributed by atoms with Gasteiger partial charge >= 0.3 is 0 Å². The fraction of sp³-hybridized carbons (Fsp3) is 0.625. The zero-order chi connectivity index (χ0) is 13.4. The van der Waals surface area contributed by atoms with Crippen LogP contribution in [0.25, 0.3) is 0 Å². The van der Waals surface area contributed by atoms with Crippen molar-refractivity contribution < 1.29 is 4.74 Å². The molecule has 0 aliphatic heterocycles. The molecule has 0 amide bonds. The molecule has 0 saturated heterocycles. The second-order valence-electron chi connectivity index (χ2n) is 5.16. The summed E-state index contributed by atoms with van der Waals surface area (Å²) in [7, 11) is 0. The number of para-hydroxylation sites is 1. The van der Waals surface area contributed by atoms with Crippen molar-refractivity contribution in [1.82, 2.24) is 5.32 Å². The summed E-state index contributed by atoms with van der Waals surface area (Å²) in [4.78, 5) is 0. The molecule has 0 aromatic heterocycles. The van der Waals surface area contributed by atoms with Crippen LogP contribution in [0.5, 0.6) is 5.75 Å². The lowest BCUT2D eigenvalue weighted by Crippen LogP contribution is -2.22. The number of ether oxygens (including phenoxy) is 1. The van der Waals surface area contributed by atoms with Crippen molar-refractivity contribution in [3.05, 3.63) is 29.8 Å². The predicted octanol–water partition coefficient (Wildman–Crippen LogP) is 4.17. The van der Waals surface area contributed by atoms with E-state index in [0.717, 1.165) is 31.7 Å². The molecule has 0 fully saturated rings. The zero-order valence-electron chi connectivity index (χ0n) is 12.2. The summed E-state index contributed by atoms with van der Waals surface area (Å²) in [6.07, 6.45) is 2.24. The van der Waals surface area contributed by atoms with E-state index in [0.29, 0.717) is 12.0 Å². The smallest absolute Gasteiger partial charge is 0.124 e. The van der Waals surface area contributed by atoms with Crippen molar-refractivity contribution in [2.75, 3.05) is 13.2 Å². The topological polar surface area (TPSA) is 21.3 Å². The summed E-state index contributed by atoms with van der Waals surface area (Å²) in [5.41, 5.74) is 1.29. The first kappa shape index (κ1) is 15.0. The Bertz CT molecular complexity index is 336. The van der Waals surface area contributed by atoms with Crippen LogP contribution in [0, 0.1) is 5.92 Å². The minimum absolute atomic E-state index is 0.397. The van der Waals surface area contributed by atoms with Gasteiger partial charge in [0.15, 0.2) is 0 Å². The Morgan fingerprint density at radius 3 is 2.50 bits per heavy atom. The normalized spacial score (nSPS) is 12.7. The lowest BCUT2D eigenvalue weighted by molar-refractivity contribution is 0.265. The summed E-state index contributed by atoms with van der Waals surface area (Å²) in [6, 6.07) is 8.79. The molecule has 1 atom stereocenters. The number of rotatable bonds is 8. The molecular formula is C16H27NO. The Hall–Kier alpha value is -1.02. The van der Waals surface area contributed by atoms with Crippen molar-refractivity contribution in [2.45, 2.75) is 46.6 Å². The van der Waals surface area contributed by atoms with Gasteiger partial charge in [0.2, 0.25) is 0 Å². The Kier molecular flexibility index (Phi) is 6.81. The highest BCUT2D eigenvalue weighted by Gasteiger charge is 2.13. The zero-order valence-corrected chi connectivity index (χ0v) is 12.2. The van der Waals surface area contributed by atoms with Gasteiger partial charge in [0, 0.05) is 11.6 Å². The first-order chi connectivity index (χ1) is 8.69. The highest BCUT2D eigenvalue weighted by molar-refractivity contribution is 5.35. The molecule has 102 valence electrons. The van der Waals surface area contributed by atoms with Gasteiger partial charge in [-0.2, -0.15) is 0 Å². The van der Waals surface area contributed by atoms with Gasteiger partial charge in [-0.1, -0.05) is 45.9 Å². The third kappa shape index (κ3) is 4.69. The summed E-state index contributed by atoms with van der Waals surface area (Å²) < 4.78 is 5.92. The molecule has 0 aliphatic carbocycles. The van der Waals surface area contributed by atoms with Gasteiger partial charge in [0.1, 0.15) is 5.75 Å². The molecule has 1 aromatic rings. The van der Waals surface area contributed by atoms with E-state index in [1.54, 1.807) is 0 Å². The summed E-state index contributed by atoms with van der Waals surface area (Å²) in [5, 5.41) is 3.58. The number of benzene rings is 1. The molecule has 0 spiro atoms. The molecule has 2 heteroatoms. The fourth-order valence-electron chi connectivity index (χ4n) is 1.95. The van der Waals surface area contributed by atoms with Crippen LogP contribution in [0.1, 0.15) is 52.1 Å². The first-order valence-corrected chi connectivity index (χ1v) is 7.14. The van der Waals surface area contributed by atoms with Crippen LogP contribution in [0.4, 0.5) is 0 Å². The minimum atomic E-state index is 0.397. The summed E-state index contributed by atoms with van der Waals surface area (Å²) >= 11 is 0. The van der Waals surface area contributed by atoms with E-state index < -0.39 is 0 Å². The van der Waals surface area contributed by atoms with Crippen LogP contribution >= 0.6 is 0 Å². The lowest BCUT2D eigenvalue weighted by atomic mass is 10.0. The van der Waals surface area contributed by atoms with E-state index >= 15 is 0 Å². The molecule has 18 heavy (non-hydrogen) atoms. The van der Waals surface area contributed by atoms with Gasteiger partial charge in [-0.3, -0.25) is 0 Å². The number of hydrogen-bond donors (Lipinski definition) is 1. The third-order valence-electron chi connectivity index (χ3n) is 2.92. The van der Waals surface area contributed by atoms with Gasteiger partial charge < -0.3 is 10.1 Å². The Balaban J connectivity index is 2.78. The minimum Gasteiger partial charge on any atom is -0.493 e. The molecule has 1 rings (SSSR count). The summed E-state index contributed by atoms with van der Waals surface area (Å²) in [5.74, 6) is 1.59. The molecule has 0 aliphatic rings. The SMILES string of the molecule is CCCNC(CC)c1ccccc1OCC(C)C. The predicted molar refractivity (Wildman–Crippen MR) is 78.1 cm³/mol. The highest BCUT2D eigenvalue weighted by atomic mass is 16.5. The van der Waals surface area contributed by atoms with Gasteiger partial charge in [0.05, 0.1) is 6.61 Å². The van der Waals surface area contributed by atoms with E-state index in [1.807, 2.05) is 6.07 Å². The van der Waals surface area contributed by atoms with Crippen molar-refractivity contribution in [3.8, 4) is 5.75 Å². The standard InChI is InChI=1S/C16H27NO/c1-5-11-17-15(6-2)14-9-7-8-10-16(14)18-12-13(3)4/h7-10,13,15,17H,5-6,11-12H2,1-4H3. The van der Waals surface area contributed by atoms with Crippen LogP contribution in [0.3, 0.4) is 0 Å². The van der Waals surface area contributed by atoms with E-state index in [4.69, 9.17) is 4.74 Å². The largest absolute Gasteiger partial charge is 0.493 e. The van der Waals surface area contributed by atoms with Crippen molar-refractivity contribution >= 4 is 0 Å². The van der Waals surface area contributed by atoms with Crippen molar-refractivity contribution in [2.24, 2.45) is 5.92 Å². The maximum absolute atomic E-state index is 5.92. The molecule has 0 heterocycles. The van der Waals surface area contributed by atoms with E-state index in [1.165, 1.54) is 5.56 Å². The Labute approximate surface area is 112 Å². The second kappa shape index (κ2) is 8.15. The van der Waals surface area contributed by atoms with Gasteiger partial charge in [-0.15, -0.1) is 0 Å². The highest BCUT2D eigenvalue weighted by Crippen LogP contribution is 2.27. The van der Waals surface area contributed by atoms with Crippen LogP contribution in [0.2, 0.25) is 0 Å². The molecule has 0 radical (unpaired) electrons. The van der Waals surface area contributed by atoms with Crippen LogP contribution < -0.4 is 10.1 Å². The lowest BCUT2D eigenvalue weighted by Gasteiger charge is -2.21. The number of hydrogen-bond acceptors (Lipinski definition) is 2. The monoisotopic (exact) mass is 249 g/mol. The average molecular weight is 249 g/mol. The van der Waals surface area contributed by atoms with Crippen LogP contribution in [-0.2, 0) is 0 Å². The second-order valence-corrected chi connectivity index (χ2v) is 5.16. The summed E-state index contributed by atoms with van der Waals surface area (Å²) in [6.45, 7) is 10.6. The molecule has 2 nitrogen and oxygen atoms in total. The van der Waals surface area contributed by atoms with Crippen LogP contribution in [-0.4, -0.2) is 13.2 Å². The Morgan fingerprint density at radius 1 is 1.17 bits per heavy atom. The molecule has 1 aromatic carbocycles. The van der Waals surface area contributed by atoms with E-state index in [2.05, 4.69) is 51.2 Å². The van der Waals surface area contributed by atoms with E-state index in [9.17, 15) is 0 Å². The maximum Gasteiger partial charge on any atom is 0.124 e.